The Bertz CT molecular complexity index is 839. The van der Waals surface area contributed by atoms with Gasteiger partial charge in [-0.3, -0.25) is 9.59 Å². The quantitative estimate of drug-likeness (QED) is 0.812. The molecule has 7 nitrogen and oxygen atoms in total. The zero-order valence-electron chi connectivity index (χ0n) is 15.7. The molecule has 3 rings (SSSR count). The lowest BCUT2D eigenvalue weighted by Gasteiger charge is -2.27. The maximum atomic E-state index is 13.3. The molecule has 1 aliphatic rings. The number of carbonyl (C=O) groups is 2. The van der Waals surface area contributed by atoms with Crippen LogP contribution >= 0.6 is 0 Å². The summed E-state index contributed by atoms with van der Waals surface area (Å²) >= 11 is 0. The van der Waals surface area contributed by atoms with E-state index in [2.05, 4.69) is 10.1 Å². The molecule has 1 aliphatic carbocycles. The maximum absolute atomic E-state index is 13.3. The van der Waals surface area contributed by atoms with Crippen molar-refractivity contribution in [2.45, 2.75) is 64.8 Å². The van der Waals surface area contributed by atoms with Crippen LogP contribution < -0.4 is 0 Å². The Morgan fingerprint density at radius 2 is 2.04 bits per heavy atom. The van der Waals surface area contributed by atoms with Gasteiger partial charge in [0.2, 0.25) is 0 Å². The van der Waals surface area contributed by atoms with Gasteiger partial charge in [0.05, 0.1) is 16.6 Å². The number of aromatic nitrogens is 2. The molecule has 0 aliphatic heterocycles. The van der Waals surface area contributed by atoms with Crippen LogP contribution in [-0.4, -0.2) is 44.6 Å². The van der Waals surface area contributed by atoms with E-state index in [0.29, 0.717) is 34.7 Å². The molecule has 0 spiro atoms. The van der Waals surface area contributed by atoms with Crippen LogP contribution in [0, 0.1) is 0 Å². The normalized spacial score (nSPS) is 15.4. The average Bonchev–Trinajstić information content (AvgIpc) is 3.36. The number of fused-ring (bicyclic) bond motifs is 1. The molecule has 26 heavy (non-hydrogen) atoms. The van der Waals surface area contributed by atoms with Gasteiger partial charge in [-0.2, -0.15) is 0 Å². The molecule has 2 aromatic heterocycles. The second-order valence-corrected chi connectivity index (χ2v) is 7.36. The molecule has 0 aromatic carbocycles. The van der Waals surface area contributed by atoms with Gasteiger partial charge in [0.25, 0.3) is 11.6 Å². The highest BCUT2D eigenvalue weighted by molar-refractivity contribution is 6.07. The first-order valence-corrected chi connectivity index (χ1v) is 9.16. The molecule has 7 heteroatoms. The highest BCUT2D eigenvalue weighted by Crippen LogP contribution is 2.41. The van der Waals surface area contributed by atoms with Crippen LogP contribution in [0.5, 0.6) is 0 Å². The first-order chi connectivity index (χ1) is 12.3. The Hall–Kier alpha value is -2.44. The second kappa shape index (κ2) is 7.05. The summed E-state index contributed by atoms with van der Waals surface area (Å²) in [5, 5.41) is 14.0. The number of amides is 1. The predicted molar refractivity (Wildman–Crippen MR) is 96.3 cm³/mol. The van der Waals surface area contributed by atoms with E-state index in [9.17, 15) is 14.7 Å². The van der Waals surface area contributed by atoms with Crippen molar-refractivity contribution < 1.29 is 19.2 Å². The van der Waals surface area contributed by atoms with E-state index in [1.54, 1.807) is 0 Å². The molecule has 1 unspecified atom stereocenters. The number of rotatable bonds is 7. The summed E-state index contributed by atoms with van der Waals surface area (Å²) in [4.78, 5) is 30.6. The third-order valence-electron chi connectivity index (χ3n) is 4.95. The number of carboxylic acid groups (broad SMARTS) is 1. The van der Waals surface area contributed by atoms with Crippen molar-refractivity contribution in [2.24, 2.45) is 0 Å². The number of carbonyl (C=O) groups excluding carboxylic acids is 1. The molecule has 2 heterocycles. The molecule has 1 saturated carbocycles. The van der Waals surface area contributed by atoms with Gasteiger partial charge in [-0.1, -0.05) is 25.9 Å². The summed E-state index contributed by atoms with van der Waals surface area (Å²) in [6, 6.07) is 1.62. The minimum atomic E-state index is -1.03. The van der Waals surface area contributed by atoms with Crippen LogP contribution in [0.2, 0.25) is 0 Å². The van der Waals surface area contributed by atoms with Crippen LogP contribution in [-0.2, 0) is 4.79 Å². The van der Waals surface area contributed by atoms with Crippen LogP contribution in [0.4, 0.5) is 0 Å². The van der Waals surface area contributed by atoms with Gasteiger partial charge in [-0.05, 0) is 38.2 Å². The lowest BCUT2D eigenvalue weighted by molar-refractivity contribution is -0.138. The summed E-state index contributed by atoms with van der Waals surface area (Å²) in [5.74, 6) is -0.926. The zero-order valence-corrected chi connectivity index (χ0v) is 15.7. The van der Waals surface area contributed by atoms with E-state index in [1.165, 1.54) is 4.90 Å². The van der Waals surface area contributed by atoms with E-state index in [-0.39, 0.29) is 24.4 Å². The predicted octanol–water partition coefficient (Wildman–Crippen LogP) is 3.55. The Kier molecular flexibility index (Phi) is 4.98. The standard InChI is InChI=1S/C19H25N3O4/c1-5-11(4)22(9-15(23)24)19(25)13-8-14(12-6-7-12)20-18-16(13)17(10(2)3)21-26-18/h8,10-12H,5-7,9H2,1-4H3,(H,23,24). The monoisotopic (exact) mass is 359 g/mol. The minimum absolute atomic E-state index is 0.0629. The van der Waals surface area contributed by atoms with Crippen LogP contribution in [0.25, 0.3) is 11.1 Å². The molecule has 0 bridgehead atoms. The van der Waals surface area contributed by atoms with E-state index in [4.69, 9.17) is 4.52 Å². The zero-order chi connectivity index (χ0) is 19.0. The van der Waals surface area contributed by atoms with Crippen molar-refractivity contribution in [1.29, 1.82) is 0 Å². The maximum Gasteiger partial charge on any atom is 0.323 e. The van der Waals surface area contributed by atoms with Crippen LogP contribution in [0.3, 0.4) is 0 Å². The molecule has 0 radical (unpaired) electrons. The number of aliphatic carboxylic acids is 1. The number of pyridine rings is 1. The number of carboxylic acids is 1. The Morgan fingerprint density at radius 3 is 2.58 bits per heavy atom. The smallest absolute Gasteiger partial charge is 0.323 e. The van der Waals surface area contributed by atoms with Crippen molar-refractivity contribution in [3.63, 3.8) is 0 Å². The second-order valence-electron chi connectivity index (χ2n) is 7.36. The third-order valence-corrected chi connectivity index (χ3v) is 4.95. The highest BCUT2D eigenvalue weighted by Gasteiger charge is 2.32. The molecule has 1 N–H and O–H groups in total. The van der Waals surface area contributed by atoms with Gasteiger partial charge in [-0.15, -0.1) is 0 Å². The average molecular weight is 359 g/mol. The van der Waals surface area contributed by atoms with Gasteiger partial charge in [-0.25, -0.2) is 4.98 Å². The summed E-state index contributed by atoms with van der Waals surface area (Å²) in [6.45, 7) is 7.41. The fourth-order valence-electron chi connectivity index (χ4n) is 3.09. The largest absolute Gasteiger partial charge is 0.480 e. The van der Waals surface area contributed by atoms with Gasteiger partial charge >= 0.3 is 5.97 Å². The topological polar surface area (TPSA) is 96.5 Å². The number of hydrogen-bond acceptors (Lipinski definition) is 5. The van der Waals surface area contributed by atoms with Crippen molar-refractivity contribution in [3.05, 3.63) is 23.0 Å². The number of hydrogen-bond donors (Lipinski definition) is 1. The van der Waals surface area contributed by atoms with E-state index in [1.807, 2.05) is 33.8 Å². The van der Waals surface area contributed by atoms with E-state index < -0.39 is 5.97 Å². The van der Waals surface area contributed by atoms with E-state index in [0.717, 1.165) is 18.5 Å². The Balaban J connectivity index is 2.15. The van der Waals surface area contributed by atoms with Crippen molar-refractivity contribution in [2.75, 3.05) is 6.54 Å². The molecule has 1 fully saturated rings. The van der Waals surface area contributed by atoms with Crippen molar-refractivity contribution >= 4 is 23.0 Å². The molecular weight excluding hydrogens is 334 g/mol. The fraction of sp³-hybridized carbons (Fsp3) is 0.579. The first kappa shape index (κ1) is 18.4. The van der Waals surface area contributed by atoms with Crippen LogP contribution in [0.15, 0.2) is 10.6 Å². The molecule has 140 valence electrons. The molecular formula is C19H25N3O4. The first-order valence-electron chi connectivity index (χ1n) is 9.16. The van der Waals surface area contributed by atoms with Gasteiger partial charge < -0.3 is 14.5 Å². The van der Waals surface area contributed by atoms with Crippen molar-refractivity contribution in [3.8, 4) is 0 Å². The van der Waals surface area contributed by atoms with Gasteiger partial charge in [0.15, 0.2) is 0 Å². The Labute approximate surface area is 152 Å². The Morgan fingerprint density at radius 1 is 1.35 bits per heavy atom. The lowest BCUT2D eigenvalue weighted by atomic mass is 10.0. The summed E-state index contributed by atoms with van der Waals surface area (Å²) < 4.78 is 5.42. The molecule has 2 aromatic rings. The third kappa shape index (κ3) is 3.43. The molecule has 1 atom stereocenters. The summed E-state index contributed by atoms with van der Waals surface area (Å²) in [7, 11) is 0. The van der Waals surface area contributed by atoms with Crippen LogP contribution in [0.1, 0.15) is 80.5 Å². The SMILES string of the molecule is CCC(C)N(CC(=O)O)C(=O)c1cc(C2CC2)nc2onc(C(C)C)c12. The minimum Gasteiger partial charge on any atom is -0.480 e. The summed E-state index contributed by atoms with van der Waals surface area (Å²) in [5.41, 5.74) is 2.31. The van der Waals surface area contributed by atoms with Gasteiger partial charge in [0, 0.05) is 17.7 Å². The fourth-order valence-corrected chi connectivity index (χ4v) is 3.09. The molecule has 0 saturated heterocycles. The molecule has 1 amide bonds. The van der Waals surface area contributed by atoms with Gasteiger partial charge in [0.1, 0.15) is 6.54 Å². The van der Waals surface area contributed by atoms with Crippen molar-refractivity contribution in [1.82, 2.24) is 15.0 Å². The highest BCUT2D eigenvalue weighted by atomic mass is 16.5. The lowest BCUT2D eigenvalue weighted by Crippen LogP contribution is -2.42. The summed E-state index contributed by atoms with van der Waals surface area (Å²) in [6.07, 6.45) is 2.76. The van der Waals surface area contributed by atoms with E-state index >= 15 is 0 Å². The number of nitrogens with zero attached hydrogens (tertiary/aromatic N) is 3.